The number of carboxylic acids is 1. The summed E-state index contributed by atoms with van der Waals surface area (Å²) in [4.78, 5) is 24.0. The molecule has 4 N–H and O–H groups in total. The minimum absolute atomic E-state index is 0.0720. The molecule has 0 fully saturated rings. The number of rotatable bonds is 5. The molecule has 4 rings (SSSR count). The van der Waals surface area contributed by atoms with E-state index in [9.17, 15) is 15.0 Å². The third-order valence-electron chi connectivity index (χ3n) is 4.07. The van der Waals surface area contributed by atoms with Gasteiger partial charge in [-0.2, -0.15) is 15.0 Å². The second kappa shape index (κ2) is 7.61. The second-order valence-electron chi connectivity index (χ2n) is 6.10. The molecule has 0 saturated heterocycles. The van der Waals surface area contributed by atoms with E-state index in [1.165, 1.54) is 12.1 Å². The predicted octanol–water partition coefficient (Wildman–Crippen LogP) is 4.57. The molecule has 0 atom stereocenters. The lowest BCUT2D eigenvalue weighted by atomic mass is 10.0. The van der Waals surface area contributed by atoms with Crippen molar-refractivity contribution < 1.29 is 15.0 Å². The number of benzene rings is 3. The molecule has 0 aliphatic heterocycles. The van der Waals surface area contributed by atoms with E-state index in [0.717, 1.165) is 10.8 Å². The summed E-state index contributed by atoms with van der Waals surface area (Å²) >= 11 is 6.00. The van der Waals surface area contributed by atoms with Gasteiger partial charge in [-0.3, -0.25) is 0 Å². The topological polar surface area (TPSA) is 120 Å². The number of phenols is 1. The average molecular weight is 408 g/mol. The third kappa shape index (κ3) is 4.17. The van der Waals surface area contributed by atoms with Crippen LogP contribution in [-0.2, 0) is 0 Å². The largest absolute Gasteiger partial charge is 0.508 e. The predicted molar refractivity (Wildman–Crippen MR) is 110 cm³/mol. The fourth-order valence-corrected chi connectivity index (χ4v) is 2.98. The van der Waals surface area contributed by atoms with Crippen molar-refractivity contribution in [3.63, 3.8) is 0 Å². The maximum absolute atomic E-state index is 11.7. The Bertz CT molecular complexity index is 1230. The van der Waals surface area contributed by atoms with Gasteiger partial charge in [0.1, 0.15) is 5.75 Å². The van der Waals surface area contributed by atoms with Crippen LogP contribution in [0, 0.1) is 0 Å². The first-order valence-corrected chi connectivity index (χ1v) is 8.86. The maximum atomic E-state index is 11.7. The normalized spacial score (nSPS) is 10.7. The Morgan fingerprint density at radius 1 is 0.862 bits per heavy atom. The highest BCUT2D eigenvalue weighted by molar-refractivity contribution is 6.28. The summed E-state index contributed by atoms with van der Waals surface area (Å²) in [5, 5.41) is 26.6. The van der Waals surface area contributed by atoms with Crippen LogP contribution >= 0.6 is 11.6 Å². The number of nitrogens with zero attached hydrogens (tertiary/aromatic N) is 3. The fraction of sp³-hybridized carbons (Fsp3) is 0. The smallest absolute Gasteiger partial charge is 0.337 e. The molecule has 0 aliphatic carbocycles. The number of anilines is 4. The molecule has 0 aliphatic rings. The summed E-state index contributed by atoms with van der Waals surface area (Å²) in [6.45, 7) is 0. The van der Waals surface area contributed by atoms with Gasteiger partial charge in [-0.1, -0.05) is 30.3 Å². The molecular weight excluding hydrogens is 394 g/mol. The van der Waals surface area contributed by atoms with Crippen molar-refractivity contribution in [2.24, 2.45) is 0 Å². The molecule has 0 unspecified atom stereocenters. The number of halogens is 1. The summed E-state index contributed by atoms with van der Waals surface area (Å²) in [5.41, 5.74) is 0.944. The van der Waals surface area contributed by atoms with Gasteiger partial charge in [0.2, 0.25) is 17.2 Å². The highest BCUT2D eigenvalue weighted by Gasteiger charge is 2.14. The van der Waals surface area contributed by atoms with Crippen LogP contribution in [0.4, 0.5) is 23.3 Å². The maximum Gasteiger partial charge on any atom is 0.337 e. The quantitative estimate of drug-likeness (QED) is 0.379. The first-order valence-electron chi connectivity index (χ1n) is 8.49. The number of phenolic OH excluding ortho intramolecular Hbond substituents is 1. The van der Waals surface area contributed by atoms with Crippen molar-refractivity contribution in [3.05, 3.63) is 71.5 Å². The van der Waals surface area contributed by atoms with Crippen molar-refractivity contribution in [3.8, 4) is 5.75 Å². The molecule has 1 aromatic heterocycles. The van der Waals surface area contributed by atoms with Crippen LogP contribution in [0.2, 0.25) is 5.28 Å². The number of aromatic nitrogens is 3. The molecule has 0 amide bonds. The Labute approximate surface area is 169 Å². The molecule has 4 aromatic rings. The van der Waals surface area contributed by atoms with Crippen LogP contribution in [0.25, 0.3) is 10.8 Å². The number of carboxylic acid groups (broad SMARTS) is 1. The van der Waals surface area contributed by atoms with Gasteiger partial charge in [-0.05, 0) is 46.6 Å². The van der Waals surface area contributed by atoms with Gasteiger partial charge in [0.15, 0.2) is 0 Å². The number of aromatic carboxylic acids is 1. The van der Waals surface area contributed by atoms with Crippen LogP contribution in [0.15, 0.2) is 60.7 Å². The van der Waals surface area contributed by atoms with Gasteiger partial charge < -0.3 is 20.8 Å². The number of aromatic hydroxyl groups is 1. The van der Waals surface area contributed by atoms with E-state index in [1.807, 2.05) is 24.3 Å². The Morgan fingerprint density at radius 2 is 1.55 bits per heavy atom. The van der Waals surface area contributed by atoms with Crippen molar-refractivity contribution >= 4 is 51.6 Å². The summed E-state index contributed by atoms with van der Waals surface area (Å²) in [6, 6.07) is 17.1. The van der Waals surface area contributed by atoms with Gasteiger partial charge in [-0.25, -0.2) is 4.79 Å². The van der Waals surface area contributed by atoms with E-state index in [4.69, 9.17) is 11.6 Å². The van der Waals surface area contributed by atoms with Crippen LogP contribution < -0.4 is 10.6 Å². The lowest BCUT2D eigenvalue weighted by molar-refractivity contribution is 0.0698. The molecule has 29 heavy (non-hydrogen) atoms. The third-order valence-corrected chi connectivity index (χ3v) is 4.24. The molecule has 0 saturated carbocycles. The van der Waals surface area contributed by atoms with Gasteiger partial charge in [0.05, 0.1) is 11.3 Å². The number of nitrogens with one attached hydrogen (secondary N) is 2. The molecule has 3 aromatic carbocycles. The van der Waals surface area contributed by atoms with Gasteiger partial charge in [0.25, 0.3) is 0 Å². The van der Waals surface area contributed by atoms with Gasteiger partial charge in [-0.15, -0.1) is 0 Å². The van der Waals surface area contributed by atoms with Crippen LogP contribution in [0.3, 0.4) is 0 Å². The standard InChI is InChI=1S/C20H14ClN5O3/c21-18-24-19(22-13-6-3-7-14(27)10-13)26-20(25-18)23-16-9-12-5-2-1-4-11(12)8-15(16)17(28)29/h1-10,27H,(H,28,29)(H2,22,23,24,25,26). The SMILES string of the molecule is O=C(O)c1cc2ccccc2cc1Nc1nc(Cl)nc(Nc2cccc(O)c2)n1. The molecule has 0 radical (unpaired) electrons. The van der Waals surface area contributed by atoms with E-state index >= 15 is 0 Å². The van der Waals surface area contributed by atoms with Crippen molar-refractivity contribution in [1.29, 1.82) is 0 Å². The second-order valence-corrected chi connectivity index (χ2v) is 6.44. The van der Waals surface area contributed by atoms with Gasteiger partial charge >= 0.3 is 5.97 Å². The zero-order chi connectivity index (χ0) is 20.4. The molecule has 0 bridgehead atoms. The summed E-state index contributed by atoms with van der Waals surface area (Å²) in [7, 11) is 0. The van der Waals surface area contributed by atoms with Crippen molar-refractivity contribution in [2.75, 3.05) is 10.6 Å². The van der Waals surface area contributed by atoms with E-state index in [1.54, 1.807) is 24.3 Å². The lowest BCUT2D eigenvalue weighted by Gasteiger charge is -2.12. The zero-order valence-electron chi connectivity index (χ0n) is 14.8. The first-order chi connectivity index (χ1) is 14.0. The summed E-state index contributed by atoms with van der Waals surface area (Å²) < 4.78 is 0. The molecule has 8 nitrogen and oxygen atoms in total. The van der Waals surface area contributed by atoms with Gasteiger partial charge in [0, 0.05) is 11.8 Å². The Hall–Kier alpha value is -3.91. The number of hydrogen-bond donors (Lipinski definition) is 4. The van der Waals surface area contributed by atoms with E-state index < -0.39 is 5.97 Å². The molecule has 144 valence electrons. The monoisotopic (exact) mass is 407 g/mol. The highest BCUT2D eigenvalue weighted by atomic mass is 35.5. The van der Waals surface area contributed by atoms with E-state index in [2.05, 4.69) is 25.6 Å². The van der Waals surface area contributed by atoms with Crippen LogP contribution in [0.1, 0.15) is 10.4 Å². The Morgan fingerprint density at radius 3 is 2.24 bits per heavy atom. The van der Waals surface area contributed by atoms with Crippen LogP contribution in [0.5, 0.6) is 5.75 Å². The Kier molecular flexibility index (Phi) is 4.84. The number of fused-ring (bicyclic) bond motifs is 1. The van der Waals surface area contributed by atoms with E-state index in [0.29, 0.717) is 11.4 Å². The highest BCUT2D eigenvalue weighted by Crippen LogP contribution is 2.27. The minimum atomic E-state index is -1.09. The summed E-state index contributed by atoms with van der Waals surface area (Å²) in [6.07, 6.45) is 0. The molecule has 1 heterocycles. The summed E-state index contributed by atoms with van der Waals surface area (Å²) in [5.74, 6) is -0.798. The minimum Gasteiger partial charge on any atom is -0.508 e. The molecule has 0 spiro atoms. The average Bonchev–Trinajstić information content (AvgIpc) is 2.67. The molecular formula is C20H14ClN5O3. The number of carbonyl (C=O) groups is 1. The number of hydrogen-bond acceptors (Lipinski definition) is 7. The fourth-order valence-electron chi connectivity index (χ4n) is 2.82. The lowest BCUT2D eigenvalue weighted by Crippen LogP contribution is -2.07. The van der Waals surface area contributed by atoms with Crippen LogP contribution in [-0.4, -0.2) is 31.1 Å². The first kappa shape index (κ1) is 18.5. The van der Waals surface area contributed by atoms with Crippen molar-refractivity contribution in [2.45, 2.75) is 0 Å². The van der Waals surface area contributed by atoms with Crippen molar-refractivity contribution in [1.82, 2.24) is 15.0 Å². The zero-order valence-corrected chi connectivity index (χ0v) is 15.6. The molecule has 9 heteroatoms. The van der Waals surface area contributed by atoms with E-state index in [-0.39, 0.29) is 28.5 Å². The Balaban J connectivity index is 1.70.